The Bertz CT molecular complexity index is 409. The van der Waals surface area contributed by atoms with Crippen molar-refractivity contribution in [2.45, 2.75) is 45.1 Å². The lowest BCUT2D eigenvalue weighted by atomic mass is 10.2. The molecule has 1 aromatic rings. The van der Waals surface area contributed by atoms with Crippen LogP contribution in [0.1, 0.15) is 50.1 Å². The van der Waals surface area contributed by atoms with Gasteiger partial charge in [-0.2, -0.15) is 0 Å². The van der Waals surface area contributed by atoms with Crippen molar-refractivity contribution in [2.24, 2.45) is 0 Å². The van der Waals surface area contributed by atoms with Crippen LogP contribution in [-0.2, 0) is 4.79 Å². The van der Waals surface area contributed by atoms with E-state index in [-0.39, 0.29) is 18.5 Å². The largest absolute Gasteiger partial charge is 0.481 e. The minimum absolute atomic E-state index is 0.0537. The second-order valence-corrected chi connectivity index (χ2v) is 5.36. The van der Waals surface area contributed by atoms with Gasteiger partial charge in [-0.3, -0.25) is 4.79 Å². The van der Waals surface area contributed by atoms with Crippen LogP contribution in [0.2, 0.25) is 0 Å². The van der Waals surface area contributed by atoms with E-state index in [9.17, 15) is 9.59 Å². The molecule has 0 saturated carbocycles. The maximum absolute atomic E-state index is 11.7. The number of carboxylic acid groups (broad SMARTS) is 1. The third-order valence-electron chi connectivity index (χ3n) is 2.82. The summed E-state index contributed by atoms with van der Waals surface area (Å²) in [7, 11) is 0. The first-order valence-corrected chi connectivity index (χ1v) is 7.67. The van der Waals surface area contributed by atoms with Crippen molar-refractivity contribution in [3.63, 3.8) is 0 Å². The topological polar surface area (TPSA) is 91.3 Å². The van der Waals surface area contributed by atoms with Crippen LogP contribution in [0.5, 0.6) is 0 Å². The number of nitrogens with zero attached hydrogens (tertiary/aromatic N) is 1. The number of carbonyl (C=O) groups is 2. The average Bonchev–Trinajstić information content (AvgIpc) is 2.93. The van der Waals surface area contributed by atoms with Crippen LogP contribution in [0.15, 0.2) is 11.6 Å². The molecule has 20 heavy (non-hydrogen) atoms. The molecule has 0 aliphatic carbocycles. The molecule has 0 aliphatic heterocycles. The summed E-state index contributed by atoms with van der Waals surface area (Å²) in [6.45, 7) is 2.55. The Kier molecular flexibility index (Phi) is 7.64. The van der Waals surface area contributed by atoms with E-state index < -0.39 is 5.97 Å². The lowest BCUT2D eigenvalue weighted by Crippen LogP contribution is -2.38. The summed E-state index contributed by atoms with van der Waals surface area (Å²) >= 11 is 1.53. The summed E-state index contributed by atoms with van der Waals surface area (Å²) < 4.78 is 0. The van der Waals surface area contributed by atoms with Crippen molar-refractivity contribution in [3.8, 4) is 0 Å². The third-order valence-corrected chi connectivity index (χ3v) is 3.71. The van der Waals surface area contributed by atoms with Gasteiger partial charge in [0.2, 0.25) is 0 Å². The summed E-state index contributed by atoms with van der Waals surface area (Å²) in [6.07, 6.45) is 4.94. The van der Waals surface area contributed by atoms with Gasteiger partial charge < -0.3 is 15.7 Å². The highest BCUT2D eigenvalue weighted by molar-refractivity contribution is 7.09. The van der Waals surface area contributed by atoms with Gasteiger partial charge in [0, 0.05) is 24.5 Å². The van der Waals surface area contributed by atoms with Crippen molar-refractivity contribution < 1.29 is 14.7 Å². The quantitative estimate of drug-likeness (QED) is 0.611. The minimum atomic E-state index is -0.773. The first kappa shape index (κ1) is 16.4. The minimum Gasteiger partial charge on any atom is -0.481 e. The van der Waals surface area contributed by atoms with Gasteiger partial charge in [0.1, 0.15) is 5.01 Å². The number of aliphatic carboxylic acids is 1. The number of amides is 2. The smallest absolute Gasteiger partial charge is 0.315 e. The van der Waals surface area contributed by atoms with E-state index in [1.54, 1.807) is 6.20 Å². The Morgan fingerprint density at radius 2 is 2.20 bits per heavy atom. The van der Waals surface area contributed by atoms with Crippen LogP contribution < -0.4 is 10.6 Å². The molecule has 1 aromatic heterocycles. The molecule has 2 amide bonds. The Balaban J connectivity index is 2.15. The number of nitrogens with one attached hydrogen (secondary N) is 2. The van der Waals surface area contributed by atoms with E-state index in [0.29, 0.717) is 13.0 Å². The van der Waals surface area contributed by atoms with Gasteiger partial charge in [-0.25, -0.2) is 9.78 Å². The van der Waals surface area contributed by atoms with Crippen molar-refractivity contribution in [2.75, 3.05) is 6.54 Å². The molecule has 0 spiro atoms. The van der Waals surface area contributed by atoms with Gasteiger partial charge in [-0.05, 0) is 19.3 Å². The van der Waals surface area contributed by atoms with E-state index in [1.807, 2.05) is 12.3 Å². The number of rotatable bonds is 9. The molecular formula is C13H21N3O3S. The predicted molar refractivity (Wildman–Crippen MR) is 77.8 cm³/mol. The Labute approximate surface area is 122 Å². The van der Waals surface area contributed by atoms with Gasteiger partial charge in [0.25, 0.3) is 0 Å². The fourth-order valence-electron chi connectivity index (χ4n) is 1.73. The fraction of sp³-hybridized carbons (Fsp3) is 0.615. The van der Waals surface area contributed by atoms with Crippen molar-refractivity contribution >= 4 is 23.3 Å². The van der Waals surface area contributed by atoms with Crippen LogP contribution in [0.3, 0.4) is 0 Å². The zero-order valence-corrected chi connectivity index (χ0v) is 12.4. The molecule has 0 bridgehead atoms. The van der Waals surface area contributed by atoms with Gasteiger partial charge in [0.05, 0.1) is 6.04 Å². The third kappa shape index (κ3) is 6.51. The number of unbranched alkanes of at least 4 members (excludes halogenated alkanes) is 2. The summed E-state index contributed by atoms with van der Waals surface area (Å²) in [6, 6.07) is -0.257. The summed E-state index contributed by atoms with van der Waals surface area (Å²) in [5.74, 6) is -0.773. The molecule has 0 saturated heterocycles. The van der Waals surface area contributed by atoms with E-state index in [4.69, 9.17) is 5.11 Å². The average molecular weight is 299 g/mol. The second kappa shape index (κ2) is 9.30. The number of hydrogen-bond acceptors (Lipinski definition) is 4. The molecule has 0 radical (unpaired) electrons. The van der Waals surface area contributed by atoms with Crippen LogP contribution in [-0.4, -0.2) is 28.6 Å². The fourth-order valence-corrected chi connectivity index (χ4v) is 2.51. The second-order valence-electron chi connectivity index (χ2n) is 4.44. The lowest BCUT2D eigenvalue weighted by Gasteiger charge is -2.15. The van der Waals surface area contributed by atoms with Gasteiger partial charge >= 0.3 is 12.0 Å². The van der Waals surface area contributed by atoms with Gasteiger partial charge in [-0.1, -0.05) is 13.3 Å². The molecule has 1 unspecified atom stereocenters. The van der Waals surface area contributed by atoms with Gasteiger partial charge in [-0.15, -0.1) is 11.3 Å². The first-order valence-electron chi connectivity index (χ1n) is 6.79. The van der Waals surface area contributed by atoms with Crippen LogP contribution in [0.4, 0.5) is 4.79 Å². The molecule has 6 nitrogen and oxygen atoms in total. The maximum Gasteiger partial charge on any atom is 0.315 e. The lowest BCUT2D eigenvalue weighted by molar-refractivity contribution is -0.137. The van der Waals surface area contributed by atoms with E-state index in [1.165, 1.54) is 11.3 Å². The highest BCUT2D eigenvalue weighted by Gasteiger charge is 2.14. The number of thiazole rings is 1. The normalized spacial score (nSPS) is 11.8. The van der Waals surface area contributed by atoms with Gasteiger partial charge in [0.15, 0.2) is 0 Å². The zero-order valence-electron chi connectivity index (χ0n) is 11.6. The SMILES string of the molecule is CCC(NC(=O)NCCCCCC(=O)O)c1nccs1. The summed E-state index contributed by atoms with van der Waals surface area (Å²) in [5, 5.41) is 16.9. The molecule has 3 N–H and O–H groups in total. The van der Waals surface area contributed by atoms with Crippen molar-refractivity contribution in [1.29, 1.82) is 0 Å². The Morgan fingerprint density at radius 3 is 2.80 bits per heavy atom. The highest BCUT2D eigenvalue weighted by atomic mass is 32.1. The molecule has 112 valence electrons. The molecule has 1 rings (SSSR count). The summed E-state index contributed by atoms with van der Waals surface area (Å²) in [5.41, 5.74) is 0. The van der Waals surface area contributed by atoms with Crippen LogP contribution in [0.25, 0.3) is 0 Å². The van der Waals surface area contributed by atoms with E-state index >= 15 is 0 Å². The Morgan fingerprint density at radius 1 is 1.40 bits per heavy atom. The maximum atomic E-state index is 11.7. The summed E-state index contributed by atoms with van der Waals surface area (Å²) in [4.78, 5) is 26.2. The number of hydrogen-bond donors (Lipinski definition) is 3. The molecule has 1 heterocycles. The van der Waals surface area contributed by atoms with Crippen LogP contribution >= 0.6 is 11.3 Å². The molecule has 1 atom stereocenters. The van der Waals surface area contributed by atoms with E-state index in [0.717, 1.165) is 24.3 Å². The van der Waals surface area contributed by atoms with Crippen LogP contribution in [0, 0.1) is 0 Å². The first-order chi connectivity index (χ1) is 9.63. The number of aromatic nitrogens is 1. The molecule has 0 fully saturated rings. The molecule has 0 aliphatic rings. The van der Waals surface area contributed by atoms with E-state index in [2.05, 4.69) is 15.6 Å². The molecule has 0 aromatic carbocycles. The van der Waals surface area contributed by atoms with Crippen molar-refractivity contribution in [1.82, 2.24) is 15.6 Å². The zero-order chi connectivity index (χ0) is 14.8. The monoisotopic (exact) mass is 299 g/mol. The Hall–Kier alpha value is -1.63. The number of urea groups is 1. The number of carbonyl (C=O) groups excluding carboxylic acids is 1. The standard InChI is InChI=1S/C13H21N3O3S/c1-2-10(12-14-8-9-20-12)16-13(19)15-7-5-3-4-6-11(17)18/h8-10H,2-7H2,1H3,(H,17,18)(H2,15,16,19). The predicted octanol–water partition coefficient (Wildman–Crippen LogP) is 2.54. The molecule has 7 heteroatoms. The van der Waals surface area contributed by atoms with Crippen molar-refractivity contribution in [3.05, 3.63) is 16.6 Å². The number of carboxylic acids is 1. The molecular weight excluding hydrogens is 278 g/mol. The highest BCUT2D eigenvalue weighted by Crippen LogP contribution is 2.18.